The smallest absolute Gasteiger partial charge is 0.242 e. The van der Waals surface area contributed by atoms with E-state index >= 15 is 0 Å². The van der Waals surface area contributed by atoms with Crippen LogP contribution < -0.4 is 0 Å². The number of imide groups is 1. The molecule has 128 valence electrons. The SMILES string of the molecule is O=C(CN1C(=O)CCC1=O)N1CC(S(=O)(=O)c2ccc(Cl)cc2)C1. The minimum Gasteiger partial charge on any atom is -0.338 e. The van der Waals surface area contributed by atoms with Crippen molar-refractivity contribution in [2.45, 2.75) is 23.0 Å². The maximum atomic E-state index is 12.4. The second-order valence-electron chi connectivity index (χ2n) is 5.79. The normalized spacial score (nSPS) is 18.9. The monoisotopic (exact) mass is 370 g/mol. The van der Waals surface area contributed by atoms with E-state index in [1.54, 1.807) is 0 Å². The van der Waals surface area contributed by atoms with E-state index in [0.29, 0.717) is 5.02 Å². The summed E-state index contributed by atoms with van der Waals surface area (Å²) in [4.78, 5) is 37.6. The van der Waals surface area contributed by atoms with Gasteiger partial charge in [-0.05, 0) is 24.3 Å². The van der Waals surface area contributed by atoms with Gasteiger partial charge in [-0.2, -0.15) is 0 Å². The van der Waals surface area contributed by atoms with E-state index in [0.717, 1.165) is 4.90 Å². The molecule has 0 aromatic heterocycles. The molecule has 3 amide bonds. The number of likely N-dealkylation sites (tertiary alicyclic amines) is 2. The highest BCUT2D eigenvalue weighted by molar-refractivity contribution is 7.92. The molecular formula is C15H15ClN2O5S. The van der Waals surface area contributed by atoms with Gasteiger partial charge in [0.05, 0.1) is 4.90 Å². The molecular weight excluding hydrogens is 356 g/mol. The van der Waals surface area contributed by atoms with Crippen molar-refractivity contribution in [3.8, 4) is 0 Å². The highest BCUT2D eigenvalue weighted by Gasteiger charge is 2.42. The van der Waals surface area contributed by atoms with Crippen LogP contribution in [0.4, 0.5) is 0 Å². The zero-order valence-electron chi connectivity index (χ0n) is 12.6. The van der Waals surface area contributed by atoms with Crippen molar-refractivity contribution in [2.75, 3.05) is 19.6 Å². The molecule has 1 aromatic rings. The number of carbonyl (C=O) groups excluding carboxylic acids is 3. The Kier molecular flexibility index (Phi) is 4.35. The fourth-order valence-corrected chi connectivity index (χ4v) is 4.47. The lowest BCUT2D eigenvalue weighted by atomic mass is 10.2. The van der Waals surface area contributed by atoms with E-state index < -0.39 is 21.0 Å². The number of hydrogen-bond donors (Lipinski definition) is 0. The zero-order valence-corrected chi connectivity index (χ0v) is 14.2. The van der Waals surface area contributed by atoms with Crippen LogP contribution in [0.1, 0.15) is 12.8 Å². The highest BCUT2D eigenvalue weighted by Crippen LogP contribution is 2.25. The van der Waals surface area contributed by atoms with Crippen LogP contribution in [-0.2, 0) is 24.2 Å². The molecule has 0 bridgehead atoms. The van der Waals surface area contributed by atoms with E-state index in [4.69, 9.17) is 11.6 Å². The molecule has 0 atom stereocenters. The Morgan fingerprint density at radius 2 is 1.62 bits per heavy atom. The van der Waals surface area contributed by atoms with Gasteiger partial charge in [0.1, 0.15) is 11.8 Å². The Morgan fingerprint density at radius 3 is 2.17 bits per heavy atom. The molecule has 2 aliphatic heterocycles. The van der Waals surface area contributed by atoms with Gasteiger partial charge in [-0.3, -0.25) is 19.3 Å². The van der Waals surface area contributed by atoms with Gasteiger partial charge in [-0.1, -0.05) is 11.6 Å². The van der Waals surface area contributed by atoms with E-state index in [9.17, 15) is 22.8 Å². The molecule has 7 nitrogen and oxygen atoms in total. The first-order chi connectivity index (χ1) is 11.3. The molecule has 0 N–H and O–H groups in total. The third-order valence-electron chi connectivity index (χ3n) is 4.23. The number of carbonyl (C=O) groups is 3. The van der Waals surface area contributed by atoms with Gasteiger partial charge in [0.2, 0.25) is 17.7 Å². The van der Waals surface area contributed by atoms with Gasteiger partial charge in [0.15, 0.2) is 9.84 Å². The van der Waals surface area contributed by atoms with Crippen molar-refractivity contribution in [3.05, 3.63) is 29.3 Å². The van der Waals surface area contributed by atoms with Crippen LogP contribution in [0.15, 0.2) is 29.2 Å². The van der Waals surface area contributed by atoms with Crippen molar-refractivity contribution >= 4 is 39.2 Å². The number of sulfone groups is 1. The van der Waals surface area contributed by atoms with Gasteiger partial charge < -0.3 is 4.90 Å². The first-order valence-electron chi connectivity index (χ1n) is 7.39. The summed E-state index contributed by atoms with van der Waals surface area (Å²) in [5.41, 5.74) is 0. The molecule has 2 fully saturated rings. The Labute approximate surface area is 144 Å². The summed E-state index contributed by atoms with van der Waals surface area (Å²) >= 11 is 5.75. The van der Waals surface area contributed by atoms with E-state index in [1.165, 1.54) is 29.2 Å². The van der Waals surface area contributed by atoms with Crippen LogP contribution in [0.25, 0.3) is 0 Å². The molecule has 0 aliphatic carbocycles. The van der Waals surface area contributed by atoms with Gasteiger partial charge in [0.25, 0.3) is 0 Å². The first-order valence-corrected chi connectivity index (χ1v) is 9.32. The molecule has 2 heterocycles. The minimum absolute atomic E-state index is 0.0556. The lowest BCUT2D eigenvalue weighted by Crippen LogP contribution is -2.59. The molecule has 0 unspecified atom stereocenters. The van der Waals surface area contributed by atoms with Crippen LogP contribution in [0.2, 0.25) is 5.02 Å². The quantitative estimate of drug-likeness (QED) is 0.718. The fourth-order valence-electron chi connectivity index (χ4n) is 2.69. The lowest BCUT2D eigenvalue weighted by molar-refractivity contribution is -0.146. The van der Waals surface area contributed by atoms with Crippen molar-refractivity contribution in [3.63, 3.8) is 0 Å². The molecule has 3 rings (SSSR count). The average molecular weight is 371 g/mol. The Balaban J connectivity index is 1.60. The maximum Gasteiger partial charge on any atom is 0.242 e. The van der Waals surface area contributed by atoms with Gasteiger partial charge in [-0.15, -0.1) is 0 Å². The molecule has 0 saturated carbocycles. The van der Waals surface area contributed by atoms with E-state index in [1.807, 2.05) is 0 Å². The summed E-state index contributed by atoms with van der Waals surface area (Å²) in [6.07, 6.45) is 0.249. The Morgan fingerprint density at radius 1 is 1.08 bits per heavy atom. The zero-order chi connectivity index (χ0) is 17.5. The van der Waals surface area contributed by atoms with Crippen LogP contribution in [0.5, 0.6) is 0 Å². The molecule has 2 aliphatic rings. The topological polar surface area (TPSA) is 91.8 Å². The number of nitrogens with zero attached hydrogens (tertiary/aromatic N) is 2. The average Bonchev–Trinajstić information content (AvgIpc) is 2.78. The summed E-state index contributed by atoms with van der Waals surface area (Å²) in [7, 11) is -3.53. The summed E-state index contributed by atoms with van der Waals surface area (Å²) in [5, 5.41) is -0.244. The minimum atomic E-state index is -3.53. The number of benzene rings is 1. The van der Waals surface area contributed by atoms with Gasteiger partial charge in [0, 0.05) is 31.0 Å². The van der Waals surface area contributed by atoms with Crippen LogP contribution in [0.3, 0.4) is 0 Å². The molecule has 2 saturated heterocycles. The number of hydrogen-bond acceptors (Lipinski definition) is 5. The largest absolute Gasteiger partial charge is 0.338 e. The standard InChI is InChI=1S/C15H15ClN2O5S/c16-10-1-3-11(4-2-10)24(22,23)12-7-17(8-12)15(21)9-18-13(19)5-6-14(18)20/h1-4,12H,5-9H2. The maximum absolute atomic E-state index is 12.4. The first kappa shape index (κ1) is 16.9. The molecule has 0 spiro atoms. The second-order valence-corrected chi connectivity index (χ2v) is 8.46. The molecule has 24 heavy (non-hydrogen) atoms. The third-order valence-corrected chi connectivity index (χ3v) is 6.59. The third kappa shape index (κ3) is 3.03. The van der Waals surface area contributed by atoms with Gasteiger partial charge >= 0.3 is 0 Å². The molecule has 9 heteroatoms. The van der Waals surface area contributed by atoms with E-state index in [-0.39, 0.29) is 49.2 Å². The molecule has 0 radical (unpaired) electrons. The van der Waals surface area contributed by atoms with Crippen molar-refractivity contribution in [2.24, 2.45) is 0 Å². The fraction of sp³-hybridized carbons (Fsp3) is 0.400. The summed E-state index contributed by atoms with van der Waals surface area (Å²) < 4.78 is 24.9. The van der Waals surface area contributed by atoms with Gasteiger partial charge in [-0.25, -0.2) is 8.42 Å². The number of halogens is 1. The van der Waals surface area contributed by atoms with Crippen molar-refractivity contribution in [1.82, 2.24) is 9.80 Å². The Bertz CT molecular complexity index is 784. The highest BCUT2D eigenvalue weighted by atomic mass is 35.5. The predicted molar refractivity (Wildman–Crippen MR) is 85.0 cm³/mol. The predicted octanol–water partition coefficient (Wildman–Crippen LogP) is 0.474. The summed E-state index contributed by atoms with van der Waals surface area (Å²) in [6.45, 7) is -0.203. The number of amides is 3. The Hall–Kier alpha value is -1.93. The van der Waals surface area contributed by atoms with Crippen LogP contribution >= 0.6 is 11.6 Å². The molecule has 1 aromatic carbocycles. The van der Waals surface area contributed by atoms with Crippen LogP contribution in [-0.4, -0.2) is 60.8 Å². The summed E-state index contributed by atoms with van der Waals surface area (Å²) in [6, 6.07) is 5.87. The van der Waals surface area contributed by atoms with Crippen molar-refractivity contribution in [1.29, 1.82) is 0 Å². The summed E-state index contributed by atoms with van der Waals surface area (Å²) in [5.74, 6) is -1.14. The van der Waals surface area contributed by atoms with Crippen LogP contribution in [0, 0.1) is 0 Å². The number of rotatable bonds is 4. The van der Waals surface area contributed by atoms with E-state index in [2.05, 4.69) is 0 Å². The second kappa shape index (κ2) is 6.18. The lowest BCUT2D eigenvalue weighted by Gasteiger charge is -2.39. The van der Waals surface area contributed by atoms with Crippen molar-refractivity contribution < 1.29 is 22.8 Å².